The first kappa shape index (κ1) is 20.0. The fourth-order valence-corrected chi connectivity index (χ4v) is 3.07. The van der Waals surface area contributed by atoms with Gasteiger partial charge in [0.2, 0.25) is 0 Å². The molecule has 6 heteroatoms. The Bertz CT molecular complexity index is 972. The Kier molecular flexibility index (Phi) is 5.28. The average molecular weight is 386 g/mol. The van der Waals surface area contributed by atoms with Gasteiger partial charge in [0.25, 0.3) is 0 Å². The van der Waals surface area contributed by atoms with Crippen LogP contribution in [0.4, 0.5) is 13.2 Å². The highest BCUT2D eigenvalue weighted by Crippen LogP contribution is 2.45. The van der Waals surface area contributed by atoms with E-state index in [9.17, 15) is 9.50 Å². The molecular formula is C22H21F3N2O. The van der Waals surface area contributed by atoms with E-state index in [-0.39, 0.29) is 0 Å². The fraction of sp³-hybridized carbons (Fsp3) is 0.227. The van der Waals surface area contributed by atoms with Crippen molar-refractivity contribution in [2.24, 2.45) is 5.73 Å². The summed E-state index contributed by atoms with van der Waals surface area (Å²) in [6.07, 6.45) is 1.30. The van der Waals surface area contributed by atoms with E-state index in [2.05, 4.69) is 4.98 Å². The molecule has 3 nitrogen and oxygen atoms in total. The summed E-state index contributed by atoms with van der Waals surface area (Å²) in [6, 6.07) is 13.8. The molecule has 28 heavy (non-hydrogen) atoms. The van der Waals surface area contributed by atoms with Gasteiger partial charge in [-0.05, 0) is 37.1 Å². The highest BCUT2D eigenvalue weighted by Gasteiger charge is 2.56. The molecule has 3 aromatic rings. The van der Waals surface area contributed by atoms with Gasteiger partial charge in [0.05, 0.1) is 0 Å². The van der Waals surface area contributed by atoms with E-state index in [1.54, 1.807) is 6.92 Å². The predicted molar refractivity (Wildman–Crippen MR) is 102 cm³/mol. The number of nitrogens with zero attached hydrogens (tertiary/aromatic N) is 1. The number of halogens is 3. The van der Waals surface area contributed by atoms with Gasteiger partial charge in [-0.2, -0.15) is 8.78 Å². The molecule has 0 saturated carbocycles. The van der Waals surface area contributed by atoms with Crippen LogP contribution in [0.1, 0.15) is 22.4 Å². The number of hydrogen-bond donors (Lipinski definition) is 2. The molecule has 3 rings (SSSR count). The molecule has 3 N–H and O–H groups in total. The largest absolute Gasteiger partial charge is 0.377 e. The van der Waals surface area contributed by atoms with Crippen LogP contribution in [0.2, 0.25) is 0 Å². The van der Waals surface area contributed by atoms with Crippen molar-refractivity contribution in [3.63, 3.8) is 0 Å². The minimum atomic E-state index is -3.90. The van der Waals surface area contributed by atoms with Crippen molar-refractivity contribution in [1.82, 2.24) is 4.98 Å². The van der Waals surface area contributed by atoms with Crippen LogP contribution in [-0.2, 0) is 11.5 Å². The zero-order chi connectivity index (χ0) is 20.5. The molecule has 0 aliphatic carbocycles. The van der Waals surface area contributed by atoms with Gasteiger partial charge in [-0.15, -0.1) is 0 Å². The molecule has 0 radical (unpaired) electrons. The van der Waals surface area contributed by atoms with E-state index in [1.165, 1.54) is 18.3 Å². The third-order valence-corrected chi connectivity index (χ3v) is 4.86. The van der Waals surface area contributed by atoms with Crippen molar-refractivity contribution >= 4 is 0 Å². The topological polar surface area (TPSA) is 59.1 Å². The maximum absolute atomic E-state index is 15.2. The first-order valence-electron chi connectivity index (χ1n) is 8.79. The van der Waals surface area contributed by atoms with E-state index in [0.29, 0.717) is 11.1 Å². The Morgan fingerprint density at radius 2 is 1.54 bits per heavy atom. The number of aryl methyl sites for hydroxylation is 2. The first-order chi connectivity index (χ1) is 13.2. The second-order valence-corrected chi connectivity index (χ2v) is 6.92. The van der Waals surface area contributed by atoms with Crippen molar-refractivity contribution in [3.8, 4) is 11.1 Å². The van der Waals surface area contributed by atoms with Gasteiger partial charge in [0, 0.05) is 23.9 Å². The maximum Gasteiger partial charge on any atom is 0.323 e. The number of hydrogen-bond acceptors (Lipinski definition) is 3. The molecule has 0 bridgehead atoms. The van der Waals surface area contributed by atoms with E-state index in [4.69, 9.17) is 5.73 Å². The summed E-state index contributed by atoms with van der Waals surface area (Å²) in [5, 5.41) is 10.7. The summed E-state index contributed by atoms with van der Waals surface area (Å²) < 4.78 is 44.7. The smallest absolute Gasteiger partial charge is 0.323 e. The SMILES string of the molecule is Cc1ccc(-c2ccc(C(F)(F)[C@](O)(CN)c3ccc(C)cc3F)nc2)cc1. The van der Waals surface area contributed by atoms with Crippen LogP contribution in [0, 0.1) is 19.7 Å². The Hall–Kier alpha value is -2.70. The average Bonchev–Trinajstić information content (AvgIpc) is 2.68. The van der Waals surface area contributed by atoms with Gasteiger partial charge in [-0.25, -0.2) is 4.39 Å². The van der Waals surface area contributed by atoms with Crippen molar-refractivity contribution in [3.05, 3.63) is 89.0 Å². The van der Waals surface area contributed by atoms with Gasteiger partial charge < -0.3 is 10.8 Å². The molecule has 2 aromatic carbocycles. The summed E-state index contributed by atoms with van der Waals surface area (Å²) in [5.41, 5.74) is 4.41. The van der Waals surface area contributed by atoms with E-state index in [1.807, 2.05) is 31.2 Å². The zero-order valence-corrected chi connectivity index (χ0v) is 15.6. The van der Waals surface area contributed by atoms with Gasteiger partial charge in [0.1, 0.15) is 11.5 Å². The van der Waals surface area contributed by atoms with E-state index in [0.717, 1.165) is 29.3 Å². The second kappa shape index (κ2) is 7.37. The highest BCUT2D eigenvalue weighted by atomic mass is 19.3. The van der Waals surface area contributed by atoms with Crippen molar-refractivity contribution in [2.45, 2.75) is 25.4 Å². The van der Waals surface area contributed by atoms with Crippen LogP contribution in [0.5, 0.6) is 0 Å². The minimum absolute atomic E-state index is 0.546. The maximum atomic E-state index is 15.2. The molecule has 0 saturated heterocycles. The molecule has 1 aromatic heterocycles. The predicted octanol–water partition coefficient (Wildman–Crippen LogP) is 4.44. The Morgan fingerprint density at radius 1 is 0.929 bits per heavy atom. The Balaban J connectivity index is 2.01. The van der Waals surface area contributed by atoms with Crippen LogP contribution in [-0.4, -0.2) is 16.6 Å². The third kappa shape index (κ3) is 3.41. The summed E-state index contributed by atoms with van der Waals surface area (Å²) in [4.78, 5) is 3.85. The Labute approximate surface area is 161 Å². The van der Waals surface area contributed by atoms with Gasteiger partial charge in [0.15, 0.2) is 5.60 Å². The quantitative estimate of drug-likeness (QED) is 0.681. The zero-order valence-electron chi connectivity index (χ0n) is 15.6. The molecule has 0 fully saturated rings. The molecule has 1 atom stereocenters. The lowest BCUT2D eigenvalue weighted by Crippen LogP contribution is -2.50. The Morgan fingerprint density at radius 3 is 2.07 bits per heavy atom. The summed E-state index contributed by atoms with van der Waals surface area (Å²) in [5.74, 6) is -4.84. The minimum Gasteiger partial charge on any atom is -0.377 e. The van der Waals surface area contributed by atoms with Crippen molar-refractivity contribution in [2.75, 3.05) is 6.54 Å². The monoisotopic (exact) mass is 386 g/mol. The van der Waals surface area contributed by atoms with E-state index >= 15 is 8.78 Å². The van der Waals surface area contributed by atoms with Crippen LogP contribution in [0.25, 0.3) is 11.1 Å². The highest BCUT2D eigenvalue weighted by molar-refractivity contribution is 5.62. The summed E-state index contributed by atoms with van der Waals surface area (Å²) in [7, 11) is 0. The van der Waals surface area contributed by atoms with Crippen LogP contribution in [0.3, 0.4) is 0 Å². The standard InChI is InChI=1S/C22H21F3N2O/c1-14-3-6-16(7-4-14)17-8-10-20(27-12-17)22(24,25)21(28,13-26)18-9-5-15(2)11-19(18)23/h3-12,28H,13,26H2,1-2H3/t21-/m0/s1. The van der Waals surface area contributed by atoms with Gasteiger partial charge >= 0.3 is 5.92 Å². The number of aliphatic hydroxyl groups is 1. The lowest BCUT2D eigenvalue weighted by molar-refractivity contribution is -0.193. The number of nitrogens with two attached hydrogens (primary N) is 1. The number of rotatable bonds is 5. The molecule has 0 unspecified atom stereocenters. The number of pyridine rings is 1. The lowest BCUT2D eigenvalue weighted by atomic mass is 9.84. The number of alkyl halides is 2. The molecular weight excluding hydrogens is 365 g/mol. The fourth-order valence-electron chi connectivity index (χ4n) is 3.07. The number of aromatic nitrogens is 1. The molecule has 1 heterocycles. The summed E-state index contributed by atoms with van der Waals surface area (Å²) in [6.45, 7) is 2.70. The third-order valence-electron chi connectivity index (χ3n) is 4.86. The molecule has 0 spiro atoms. The van der Waals surface area contributed by atoms with Crippen LogP contribution < -0.4 is 5.73 Å². The van der Waals surface area contributed by atoms with Crippen LogP contribution in [0.15, 0.2) is 60.8 Å². The van der Waals surface area contributed by atoms with Crippen LogP contribution >= 0.6 is 0 Å². The molecule has 0 aliphatic heterocycles. The van der Waals surface area contributed by atoms with E-state index < -0.39 is 35.1 Å². The van der Waals surface area contributed by atoms with Crippen molar-refractivity contribution < 1.29 is 18.3 Å². The lowest BCUT2D eigenvalue weighted by Gasteiger charge is -2.35. The van der Waals surface area contributed by atoms with Gasteiger partial charge in [-0.3, -0.25) is 4.98 Å². The molecule has 0 amide bonds. The number of benzene rings is 2. The first-order valence-corrected chi connectivity index (χ1v) is 8.79. The molecule has 0 aliphatic rings. The van der Waals surface area contributed by atoms with Gasteiger partial charge in [-0.1, -0.05) is 48.0 Å². The van der Waals surface area contributed by atoms with Crippen molar-refractivity contribution in [1.29, 1.82) is 0 Å². The molecule has 146 valence electrons. The summed E-state index contributed by atoms with van der Waals surface area (Å²) >= 11 is 0. The normalized spacial score (nSPS) is 14.0. The second-order valence-electron chi connectivity index (χ2n) is 6.92.